The molecular formula is C17H19N3O6. The number of carbonyl (C=O) groups is 2. The van der Waals surface area contributed by atoms with E-state index in [9.17, 15) is 14.7 Å². The van der Waals surface area contributed by atoms with Crippen molar-refractivity contribution in [3.63, 3.8) is 0 Å². The first-order chi connectivity index (χ1) is 12.5. The van der Waals surface area contributed by atoms with E-state index in [-0.39, 0.29) is 31.6 Å². The topological polar surface area (TPSA) is 115 Å². The number of benzene rings is 1. The lowest BCUT2D eigenvalue weighted by molar-refractivity contribution is -0.141. The maximum atomic E-state index is 12.8. The monoisotopic (exact) mass is 361 g/mol. The van der Waals surface area contributed by atoms with Gasteiger partial charge in [-0.15, -0.1) is 0 Å². The SMILES string of the molecule is COC1CC(C(=O)O)N(C(=O)c2cccc(OCc3noc(C)n3)c2)C1. The van der Waals surface area contributed by atoms with Gasteiger partial charge < -0.3 is 24.0 Å². The molecule has 2 unspecified atom stereocenters. The Labute approximate surface area is 149 Å². The van der Waals surface area contributed by atoms with E-state index in [1.807, 2.05) is 0 Å². The van der Waals surface area contributed by atoms with E-state index >= 15 is 0 Å². The fraction of sp³-hybridized carbons (Fsp3) is 0.412. The number of ether oxygens (including phenoxy) is 2. The van der Waals surface area contributed by atoms with Crippen molar-refractivity contribution in [3.8, 4) is 5.75 Å². The van der Waals surface area contributed by atoms with Crippen LogP contribution in [-0.4, -0.2) is 57.8 Å². The van der Waals surface area contributed by atoms with Crippen LogP contribution in [0.15, 0.2) is 28.8 Å². The molecule has 1 N–H and O–H groups in total. The number of carbonyl (C=O) groups excluding carboxylic acids is 1. The molecule has 0 saturated carbocycles. The summed E-state index contributed by atoms with van der Waals surface area (Å²) in [4.78, 5) is 29.6. The molecule has 0 bridgehead atoms. The van der Waals surface area contributed by atoms with Crippen molar-refractivity contribution in [1.82, 2.24) is 15.0 Å². The van der Waals surface area contributed by atoms with Gasteiger partial charge in [0, 0.05) is 32.6 Å². The molecular weight excluding hydrogens is 342 g/mol. The molecule has 2 heterocycles. The van der Waals surface area contributed by atoms with Gasteiger partial charge in [-0.25, -0.2) is 4.79 Å². The molecule has 26 heavy (non-hydrogen) atoms. The number of carboxylic acids is 1. The van der Waals surface area contributed by atoms with Gasteiger partial charge in [0.15, 0.2) is 6.61 Å². The second-order valence-electron chi connectivity index (χ2n) is 5.95. The molecule has 2 atom stereocenters. The zero-order chi connectivity index (χ0) is 18.7. The summed E-state index contributed by atoms with van der Waals surface area (Å²) in [6, 6.07) is 5.64. The van der Waals surface area contributed by atoms with Crippen molar-refractivity contribution < 1.29 is 28.7 Å². The van der Waals surface area contributed by atoms with Crippen molar-refractivity contribution in [2.75, 3.05) is 13.7 Å². The second kappa shape index (κ2) is 7.52. The highest BCUT2D eigenvalue weighted by Crippen LogP contribution is 2.24. The Kier molecular flexibility index (Phi) is 5.17. The summed E-state index contributed by atoms with van der Waals surface area (Å²) in [6.07, 6.45) is -0.0220. The van der Waals surface area contributed by atoms with Gasteiger partial charge in [-0.05, 0) is 18.2 Å². The first-order valence-electron chi connectivity index (χ1n) is 8.06. The van der Waals surface area contributed by atoms with Gasteiger partial charge in [-0.2, -0.15) is 4.98 Å². The molecule has 1 aromatic carbocycles. The van der Waals surface area contributed by atoms with Crippen LogP contribution in [0.4, 0.5) is 0 Å². The van der Waals surface area contributed by atoms with Gasteiger partial charge in [-0.1, -0.05) is 11.2 Å². The predicted octanol–water partition coefficient (Wildman–Crippen LogP) is 1.27. The summed E-state index contributed by atoms with van der Waals surface area (Å²) in [5.41, 5.74) is 0.342. The van der Waals surface area contributed by atoms with E-state index in [0.29, 0.717) is 23.0 Å². The van der Waals surface area contributed by atoms with Gasteiger partial charge in [0.1, 0.15) is 11.8 Å². The van der Waals surface area contributed by atoms with Crippen LogP contribution < -0.4 is 4.74 Å². The number of nitrogens with zero attached hydrogens (tertiary/aromatic N) is 3. The average Bonchev–Trinajstić information content (AvgIpc) is 3.25. The third-order valence-electron chi connectivity index (χ3n) is 4.16. The Morgan fingerprint density at radius 2 is 2.23 bits per heavy atom. The lowest BCUT2D eigenvalue weighted by atomic mass is 10.1. The minimum absolute atomic E-state index is 0.0994. The Balaban J connectivity index is 1.72. The van der Waals surface area contributed by atoms with Gasteiger partial charge in [0.25, 0.3) is 5.91 Å². The smallest absolute Gasteiger partial charge is 0.326 e. The molecule has 0 aliphatic carbocycles. The van der Waals surface area contributed by atoms with Crippen LogP contribution in [0.2, 0.25) is 0 Å². The zero-order valence-corrected chi connectivity index (χ0v) is 14.4. The fourth-order valence-corrected chi connectivity index (χ4v) is 2.86. The highest BCUT2D eigenvalue weighted by Gasteiger charge is 2.40. The minimum atomic E-state index is -1.04. The minimum Gasteiger partial charge on any atom is -0.485 e. The molecule has 1 aliphatic rings. The van der Waals surface area contributed by atoms with Gasteiger partial charge >= 0.3 is 5.97 Å². The first-order valence-corrected chi connectivity index (χ1v) is 8.06. The molecule has 9 heteroatoms. The third-order valence-corrected chi connectivity index (χ3v) is 4.16. The largest absolute Gasteiger partial charge is 0.485 e. The van der Waals surface area contributed by atoms with Crippen LogP contribution in [0.5, 0.6) is 5.75 Å². The molecule has 1 saturated heterocycles. The van der Waals surface area contributed by atoms with Crippen LogP contribution >= 0.6 is 0 Å². The lowest BCUT2D eigenvalue weighted by Crippen LogP contribution is -2.40. The number of aromatic nitrogens is 2. The molecule has 1 fully saturated rings. The summed E-state index contributed by atoms with van der Waals surface area (Å²) in [5.74, 6) is -0.134. The number of aryl methyl sites for hydroxylation is 1. The normalized spacial score (nSPS) is 19.5. The van der Waals surface area contributed by atoms with E-state index in [2.05, 4.69) is 10.1 Å². The number of rotatable bonds is 6. The van der Waals surface area contributed by atoms with Crippen LogP contribution in [-0.2, 0) is 16.1 Å². The van der Waals surface area contributed by atoms with Crippen LogP contribution in [0.1, 0.15) is 28.5 Å². The number of amides is 1. The van der Waals surface area contributed by atoms with Gasteiger partial charge in [0.2, 0.25) is 11.7 Å². The average molecular weight is 361 g/mol. The van der Waals surface area contributed by atoms with Crippen LogP contribution in [0.25, 0.3) is 0 Å². The Morgan fingerprint density at radius 3 is 2.88 bits per heavy atom. The molecule has 1 aromatic heterocycles. The quantitative estimate of drug-likeness (QED) is 0.818. The molecule has 2 aromatic rings. The van der Waals surface area contributed by atoms with Gasteiger partial charge in [0.05, 0.1) is 6.10 Å². The highest BCUT2D eigenvalue weighted by atomic mass is 16.5. The fourth-order valence-electron chi connectivity index (χ4n) is 2.86. The van der Waals surface area contributed by atoms with Crippen molar-refractivity contribution in [2.45, 2.75) is 32.1 Å². The number of likely N-dealkylation sites (tertiary alicyclic amines) is 1. The molecule has 1 amide bonds. The zero-order valence-electron chi connectivity index (χ0n) is 14.4. The van der Waals surface area contributed by atoms with Crippen molar-refractivity contribution >= 4 is 11.9 Å². The van der Waals surface area contributed by atoms with Gasteiger partial charge in [-0.3, -0.25) is 4.79 Å². The maximum absolute atomic E-state index is 12.8. The summed E-state index contributed by atoms with van der Waals surface area (Å²) in [5, 5.41) is 13.1. The number of hydrogen-bond acceptors (Lipinski definition) is 7. The molecule has 0 spiro atoms. The van der Waals surface area contributed by atoms with E-state index < -0.39 is 12.0 Å². The van der Waals surface area contributed by atoms with E-state index in [1.54, 1.807) is 31.2 Å². The second-order valence-corrected chi connectivity index (χ2v) is 5.95. The van der Waals surface area contributed by atoms with Crippen molar-refractivity contribution in [2.24, 2.45) is 0 Å². The lowest BCUT2D eigenvalue weighted by Gasteiger charge is -2.21. The Hall–Kier alpha value is -2.94. The number of aliphatic carboxylic acids is 1. The Morgan fingerprint density at radius 1 is 1.42 bits per heavy atom. The van der Waals surface area contributed by atoms with Crippen molar-refractivity contribution in [3.05, 3.63) is 41.5 Å². The van der Waals surface area contributed by atoms with Crippen LogP contribution in [0, 0.1) is 6.92 Å². The van der Waals surface area contributed by atoms with Crippen LogP contribution in [0.3, 0.4) is 0 Å². The Bertz CT molecular complexity index is 805. The number of methoxy groups -OCH3 is 1. The molecule has 0 radical (unpaired) electrons. The predicted molar refractivity (Wildman–Crippen MR) is 87.7 cm³/mol. The van der Waals surface area contributed by atoms with E-state index in [4.69, 9.17) is 14.0 Å². The van der Waals surface area contributed by atoms with E-state index in [0.717, 1.165) is 0 Å². The summed E-state index contributed by atoms with van der Waals surface area (Å²) in [6.45, 7) is 2.01. The molecule has 138 valence electrons. The van der Waals surface area contributed by atoms with Crippen molar-refractivity contribution in [1.29, 1.82) is 0 Å². The summed E-state index contributed by atoms with van der Waals surface area (Å²) < 4.78 is 15.7. The summed E-state index contributed by atoms with van der Waals surface area (Å²) >= 11 is 0. The first kappa shape index (κ1) is 17.9. The third kappa shape index (κ3) is 3.83. The summed E-state index contributed by atoms with van der Waals surface area (Å²) in [7, 11) is 1.51. The maximum Gasteiger partial charge on any atom is 0.326 e. The highest BCUT2D eigenvalue weighted by molar-refractivity contribution is 5.97. The molecule has 9 nitrogen and oxygen atoms in total. The number of carboxylic acid groups (broad SMARTS) is 1. The molecule has 3 rings (SSSR count). The van der Waals surface area contributed by atoms with E-state index in [1.165, 1.54) is 12.0 Å². The number of hydrogen-bond donors (Lipinski definition) is 1. The molecule has 1 aliphatic heterocycles. The standard InChI is InChI=1S/C17H19N3O6/c1-10-18-15(19-26-10)9-25-12-5-3-4-11(6-12)16(21)20-8-13(24-2)7-14(20)17(22)23/h3-6,13-14H,7-9H2,1-2H3,(H,22,23).